The van der Waals surface area contributed by atoms with E-state index in [1.54, 1.807) is 24.3 Å². The Balaban J connectivity index is 0.000000671. The fourth-order valence-electron chi connectivity index (χ4n) is 6.27. The van der Waals surface area contributed by atoms with E-state index in [2.05, 4.69) is 45.2 Å². The van der Waals surface area contributed by atoms with Crippen LogP contribution in [0.2, 0.25) is 10.0 Å². The van der Waals surface area contributed by atoms with Crippen molar-refractivity contribution in [2.75, 3.05) is 32.7 Å². The molecular weight excluding hydrogens is 668 g/mol. The van der Waals surface area contributed by atoms with Crippen LogP contribution in [0.15, 0.2) is 54.7 Å². The minimum Gasteiger partial charge on any atom is -0.475 e. The van der Waals surface area contributed by atoms with E-state index in [1.807, 2.05) is 24.8 Å². The van der Waals surface area contributed by atoms with Crippen molar-refractivity contribution in [1.29, 1.82) is 0 Å². The van der Waals surface area contributed by atoms with Crippen LogP contribution in [0.25, 0.3) is 17.0 Å². The molecule has 2 fully saturated rings. The summed E-state index contributed by atoms with van der Waals surface area (Å²) in [5, 5.41) is 12.4. The normalized spacial score (nSPS) is 16.7. The zero-order valence-electron chi connectivity index (χ0n) is 27.0. The summed E-state index contributed by atoms with van der Waals surface area (Å²) < 4.78 is 33.9. The second-order valence-electron chi connectivity index (χ2n) is 12.6. The molecule has 2 N–H and O–H groups in total. The summed E-state index contributed by atoms with van der Waals surface area (Å²) in [6.45, 7) is 9.21. The Morgan fingerprint density at radius 2 is 1.62 bits per heavy atom. The van der Waals surface area contributed by atoms with E-state index in [9.17, 15) is 22.8 Å². The van der Waals surface area contributed by atoms with E-state index in [1.165, 1.54) is 10.9 Å². The third-order valence-electron chi connectivity index (χ3n) is 8.66. The number of hydrogen-bond acceptors (Lipinski definition) is 4. The molecule has 0 saturated carbocycles. The van der Waals surface area contributed by atoms with Crippen molar-refractivity contribution in [2.24, 2.45) is 5.92 Å². The van der Waals surface area contributed by atoms with Crippen LogP contribution >= 0.6 is 23.2 Å². The molecule has 0 atom stereocenters. The Hall–Kier alpha value is -3.54. The summed E-state index contributed by atoms with van der Waals surface area (Å²) in [5.41, 5.74) is 3.38. The van der Waals surface area contributed by atoms with Crippen molar-refractivity contribution in [2.45, 2.75) is 64.2 Å². The van der Waals surface area contributed by atoms with Crippen LogP contribution < -0.4 is 5.32 Å². The van der Waals surface area contributed by atoms with Gasteiger partial charge in [0.1, 0.15) is 6.54 Å². The van der Waals surface area contributed by atoms with Crippen LogP contribution in [0.5, 0.6) is 0 Å². The molecule has 5 rings (SSSR count). The lowest BCUT2D eigenvalue weighted by Gasteiger charge is -2.37. The standard InChI is InChI=1S/C33H40Cl2N4O2.C2HF3O2/c1-23(2)36-32(40)22-39-21-28(27-5-3-4-6-31(27)39)26-13-15-37(16-14-26)20-25-11-17-38(18-12-25)33(41)10-8-24-7-9-29(34)30(35)19-24;3-2(4,5)1(6)7/h3-10,19,21,23,25-26H,11-18,20,22H2,1-2H3,(H,36,40);(H,6,7)/b10-8+;. The lowest BCUT2D eigenvalue weighted by Crippen LogP contribution is -2.42. The Labute approximate surface area is 288 Å². The van der Waals surface area contributed by atoms with Gasteiger partial charge in [-0.1, -0.05) is 47.5 Å². The molecule has 0 spiro atoms. The van der Waals surface area contributed by atoms with E-state index in [-0.39, 0.29) is 17.9 Å². The third-order valence-corrected chi connectivity index (χ3v) is 9.40. The largest absolute Gasteiger partial charge is 0.490 e. The van der Waals surface area contributed by atoms with Gasteiger partial charge < -0.3 is 24.8 Å². The number of nitrogens with one attached hydrogen (secondary N) is 1. The van der Waals surface area contributed by atoms with Crippen molar-refractivity contribution in [3.8, 4) is 0 Å². The maximum atomic E-state index is 12.7. The predicted molar refractivity (Wildman–Crippen MR) is 182 cm³/mol. The Bertz CT molecular complexity index is 1610. The van der Waals surface area contributed by atoms with Crippen LogP contribution in [0.3, 0.4) is 0 Å². The van der Waals surface area contributed by atoms with Gasteiger partial charge in [-0.3, -0.25) is 9.59 Å². The number of piperidine rings is 2. The van der Waals surface area contributed by atoms with Gasteiger partial charge in [0.15, 0.2) is 0 Å². The number of halogens is 5. The number of benzene rings is 2. The molecule has 13 heteroatoms. The molecule has 3 heterocycles. The summed E-state index contributed by atoms with van der Waals surface area (Å²) in [5.74, 6) is -1.52. The van der Waals surface area contributed by atoms with Gasteiger partial charge in [-0.25, -0.2) is 4.79 Å². The van der Waals surface area contributed by atoms with E-state index >= 15 is 0 Å². The van der Waals surface area contributed by atoms with E-state index < -0.39 is 12.1 Å². The molecule has 2 aliphatic rings. The van der Waals surface area contributed by atoms with Crippen molar-refractivity contribution >= 4 is 58.0 Å². The van der Waals surface area contributed by atoms with Crippen molar-refractivity contribution < 1.29 is 32.7 Å². The van der Waals surface area contributed by atoms with Crippen LogP contribution in [0.1, 0.15) is 56.6 Å². The molecule has 0 bridgehead atoms. The number of carbonyl (C=O) groups is 3. The predicted octanol–water partition coefficient (Wildman–Crippen LogP) is 7.24. The second kappa shape index (κ2) is 16.7. The number of alkyl halides is 3. The van der Waals surface area contributed by atoms with Crippen molar-refractivity contribution in [1.82, 2.24) is 19.7 Å². The molecule has 48 heavy (non-hydrogen) atoms. The zero-order chi connectivity index (χ0) is 35.0. The smallest absolute Gasteiger partial charge is 0.475 e. The molecule has 1 aromatic heterocycles. The number of rotatable bonds is 8. The van der Waals surface area contributed by atoms with Crippen molar-refractivity contribution in [3.63, 3.8) is 0 Å². The molecule has 260 valence electrons. The number of aliphatic carboxylic acids is 1. The molecule has 0 aliphatic carbocycles. The summed E-state index contributed by atoms with van der Waals surface area (Å²) >= 11 is 12.1. The first-order valence-corrected chi connectivity index (χ1v) is 16.8. The van der Waals surface area contributed by atoms with E-state index in [0.29, 0.717) is 28.4 Å². The summed E-state index contributed by atoms with van der Waals surface area (Å²) in [4.78, 5) is 38.7. The Morgan fingerprint density at radius 3 is 2.23 bits per heavy atom. The highest BCUT2D eigenvalue weighted by Crippen LogP contribution is 2.35. The highest BCUT2D eigenvalue weighted by Gasteiger charge is 2.38. The molecule has 0 radical (unpaired) electrons. The summed E-state index contributed by atoms with van der Waals surface area (Å²) in [7, 11) is 0. The number of aromatic nitrogens is 1. The average Bonchev–Trinajstić information content (AvgIpc) is 3.39. The molecule has 2 saturated heterocycles. The van der Waals surface area contributed by atoms with Gasteiger partial charge in [-0.2, -0.15) is 13.2 Å². The molecule has 3 aromatic rings. The number of fused-ring (bicyclic) bond motifs is 1. The molecule has 8 nitrogen and oxygen atoms in total. The maximum absolute atomic E-state index is 12.7. The molecular formula is C35H41Cl2F3N4O4. The number of para-hydroxylation sites is 1. The zero-order valence-corrected chi connectivity index (χ0v) is 28.5. The van der Waals surface area contributed by atoms with Crippen LogP contribution in [-0.2, 0) is 20.9 Å². The number of carbonyl (C=O) groups excluding carboxylic acids is 2. The number of hydrogen-bond donors (Lipinski definition) is 2. The molecule has 2 aromatic carbocycles. The fraction of sp³-hybridized carbons (Fsp3) is 0.457. The topological polar surface area (TPSA) is 94.9 Å². The number of amides is 2. The molecule has 2 aliphatic heterocycles. The first-order chi connectivity index (χ1) is 22.7. The summed E-state index contributed by atoms with van der Waals surface area (Å²) in [6, 6.07) is 14.0. The SMILES string of the molecule is CC(C)NC(=O)Cn1cc(C2CCN(CC3CCN(C(=O)/C=C/c4ccc(Cl)c(Cl)c4)CC3)CC2)c2ccccc21.O=C(O)C(F)(F)F. The van der Waals surface area contributed by atoms with Crippen LogP contribution in [-0.4, -0.2) is 82.2 Å². The maximum Gasteiger partial charge on any atom is 0.490 e. The van der Waals surface area contributed by atoms with E-state index in [0.717, 1.165) is 69.5 Å². The monoisotopic (exact) mass is 708 g/mol. The van der Waals surface area contributed by atoms with E-state index in [4.69, 9.17) is 33.1 Å². The second-order valence-corrected chi connectivity index (χ2v) is 13.4. The number of nitrogens with zero attached hydrogens (tertiary/aromatic N) is 3. The van der Waals surface area contributed by atoms with Crippen LogP contribution in [0, 0.1) is 5.92 Å². The fourth-order valence-corrected chi connectivity index (χ4v) is 6.58. The van der Waals surface area contributed by atoms with Gasteiger partial charge in [0.25, 0.3) is 0 Å². The minimum atomic E-state index is -5.08. The van der Waals surface area contributed by atoms with Gasteiger partial charge in [-0.15, -0.1) is 0 Å². The first kappa shape index (κ1) is 37.3. The molecule has 2 amide bonds. The highest BCUT2D eigenvalue weighted by atomic mass is 35.5. The number of carboxylic acids is 1. The van der Waals surface area contributed by atoms with Gasteiger partial charge in [0.05, 0.1) is 10.0 Å². The third kappa shape index (κ3) is 10.5. The van der Waals surface area contributed by atoms with Gasteiger partial charge in [-0.05, 0) is 99.9 Å². The Morgan fingerprint density at radius 1 is 0.979 bits per heavy atom. The summed E-state index contributed by atoms with van der Waals surface area (Å²) in [6.07, 6.45) is 4.91. The number of carboxylic acid groups (broad SMARTS) is 1. The first-order valence-electron chi connectivity index (χ1n) is 16.0. The Kier molecular flexibility index (Phi) is 13.0. The van der Waals surface area contributed by atoms with Crippen LogP contribution in [0.4, 0.5) is 13.2 Å². The minimum absolute atomic E-state index is 0.0520. The number of likely N-dealkylation sites (tertiary alicyclic amines) is 2. The highest BCUT2D eigenvalue weighted by molar-refractivity contribution is 6.42. The van der Waals surface area contributed by atoms with Crippen molar-refractivity contribution in [3.05, 3.63) is 75.9 Å². The van der Waals surface area contributed by atoms with Gasteiger partial charge in [0, 0.05) is 48.9 Å². The lowest BCUT2D eigenvalue weighted by molar-refractivity contribution is -0.192. The average molecular weight is 710 g/mol. The quantitative estimate of drug-likeness (QED) is 0.241. The lowest BCUT2D eigenvalue weighted by atomic mass is 9.88. The molecule has 0 unspecified atom stereocenters. The van der Waals surface area contributed by atoms with Gasteiger partial charge in [0.2, 0.25) is 11.8 Å². The van der Waals surface area contributed by atoms with Gasteiger partial charge >= 0.3 is 12.1 Å².